The number of nitriles is 1. The normalized spacial score (nSPS) is 12.5. The Labute approximate surface area is 195 Å². The number of carbonyl (C=O) groups is 1. The van der Waals surface area contributed by atoms with E-state index >= 15 is 0 Å². The number of hydrogen-bond acceptors (Lipinski definition) is 5. The van der Waals surface area contributed by atoms with Crippen LogP contribution in [0, 0.1) is 11.3 Å². The fraction of sp³-hybridized carbons (Fsp3) is 0.240. The van der Waals surface area contributed by atoms with Crippen molar-refractivity contribution < 1.29 is 19.4 Å². The molecule has 2 aromatic carbocycles. The predicted molar refractivity (Wildman–Crippen MR) is 124 cm³/mol. The summed E-state index contributed by atoms with van der Waals surface area (Å²) in [4.78, 5) is 24.8. The lowest BCUT2D eigenvalue weighted by Gasteiger charge is -2.19. The van der Waals surface area contributed by atoms with E-state index in [9.17, 15) is 20.0 Å². The largest absolute Gasteiger partial charge is 0.495 e. The molecule has 0 aliphatic heterocycles. The predicted octanol–water partition coefficient (Wildman–Crippen LogP) is 4.28. The number of halogens is 1. The zero-order valence-electron chi connectivity index (χ0n) is 18.1. The number of ether oxygens (including phenoxy) is 2. The van der Waals surface area contributed by atoms with Gasteiger partial charge in [0.2, 0.25) is 0 Å². The summed E-state index contributed by atoms with van der Waals surface area (Å²) < 4.78 is 11.6. The summed E-state index contributed by atoms with van der Waals surface area (Å²) in [6.07, 6.45) is 2.16. The molecule has 168 valence electrons. The quantitative estimate of drug-likeness (QED) is 0.438. The number of methoxy groups -OCH3 is 2. The van der Waals surface area contributed by atoms with Crippen LogP contribution in [0.1, 0.15) is 29.2 Å². The maximum atomic E-state index is 13.0. The van der Waals surface area contributed by atoms with Crippen LogP contribution in [-0.2, 0) is 16.0 Å². The molecule has 33 heavy (non-hydrogen) atoms. The number of aromatic nitrogens is 1. The SMILES string of the molecule is COCCC(C(=O)O)n1cc(OC)c(-c2cc3c(cc2C#N)Cc2cccc(Cl)c2-3)cc1=O. The van der Waals surface area contributed by atoms with E-state index < -0.39 is 17.6 Å². The van der Waals surface area contributed by atoms with Gasteiger partial charge < -0.3 is 14.6 Å². The van der Waals surface area contributed by atoms with E-state index in [-0.39, 0.29) is 18.8 Å². The van der Waals surface area contributed by atoms with Gasteiger partial charge in [0.1, 0.15) is 11.8 Å². The molecule has 1 aliphatic carbocycles. The zero-order chi connectivity index (χ0) is 23.7. The monoisotopic (exact) mass is 464 g/mol. The molecule has 4 rings (SSSR count). The van der Waals surface area contributed by atoms with Crippen molar-refractivity contribution in [3.63, 3.8) is 0 Å². The highest BCUT2D eigenvalue weighted by atomic mass is 35.5. The van der Waals surface area contributed by atoms with Gasteiger partial charge in [-0.3, -0.25) is 9.36 Å². The lowest BCUT2D eigenvalue weighted by Crippen LogP contribution is -2.30. The number of carboxylic acids is 1. The molecule has 0 saturated carbocycles. The molecule has 1 N–H and O–H groups in total. The van der Waals surface area contributed by atoms with Crippen molar-refractivity contribution in [1.82, 2.24) is 4.57 Å². The first kappa shape index (κ1) is 22.6. The molecule has 0 amide bonds. The van der Waals surface area contributed by atoms with Gasteiger partial charge in [0.05, 0.1) is 24.9 Å². The van der Waals surface area contributed by atoms with Crippen LogP contribution >= 0.6 is 11.6 Å². The molecule has 1 aliphatic rings. The lowest BCUT2D eigenvalue weighted by molar-refractivity contribution is -0.141. The van der Waals surface area contributed by atoms with E-state index in [4.69, 9.17) is 21.1 Å². The number of fused-ring (bicyclic) bond motifs is 3. The molecule has 3 aromatic rings. The van der Waals surface area contributed by atoms with Crippen molar-refractivity contribution in [1.29, 1.82) is 5.26 Å². The number of hydrogen-bond donors (Lipinski definition) is 1. The Bertz CT molecular complexity index is 1360. The lowest BCUT2D eigenvalue weighted by atomic mass is 9.94. The summed E-state index contributed by atoms with van der Waals surface area (Å²) in [6, 6.07) is 11.8. The fourth-order valence-electron chi connectivity index (χ4n) is 4.32. The van der Waals surface area contributed by atoms with Crippen LogP contribution in [0.3, 0.4) is 0 Å². The number of benzene rings is 2. The second-order valence-corrected chi connectivity index (χ2v) is 8.16. The highest BCUT2D eigenvalue weighted by Gasteiger charge is 2.26. The van der Waals surface area contributed by atoms with Gasteiger partial charge >= 0.3 is 5.97 Å². The third kappa shape index (κ3) is 3.99. The number of rotatable bonds is 7. The van der Waals surface area contributed by atoms with E-state index in [0.717, 1.165) is 26.8 Å². The van der Waals surface area contributed by atoms with Crippen molar-refractivity contribution in [3.05, 3.63) is 74.7 Å². The molecular formula is C25H21ClN2O5. The van der Waals surface area contributed by atoms with E-state index in [1.54, 1.807) is 0 Å². The van der Waals surface area contributed by atoms with Crippen LogP contribution in [0.15, 0.2) is 47.4 Å². The third-order valence-corrected chi connectivity index (χ3v) is 6.20. The van der Waals surface area contributed by atoms with E-state index in [2.05, 4.69) is 6.07 Å². The van der Waals surface area contributed by atoms with Crippen molar-refractivity contribution in [2.24, 2.45) is 0 Å². The highest BCUT2D eigenvalue weighted by molar-refractivity contribution is 6.33. The first-order valence-corrected chi connectivity index (χ1v) is 10.6. The maximum Gasteiger partial charge on any atom is 0.326 e. The Kier molecular flexibility index (Phi) is 6.23. The van der Waals surface area contributed by atoms with Gasteiger partial charge in [-0.1, -0.05) is 23.7 Å². The molecule has 0 radical (unpaired) electrons. The summed E-state index contributed by atoms with van der Waals surface area (Å²) >= 11 is 6.47. The van der Waals surface area contributed by atoms with Gasteiger partial charge in [0.25, 0.3) is 5.56 Å². The molecule has 0 bridgehead atoms. The standard InChI is InChI=1S/C25H21ClN2O5/c1-32-7-6-21(25(30)31)28-13-22(33-2)19(11-23(28)29)17-10-18-15(9-16(17)12-27)8-14-4-3-5-20(26)24(14)18/h3-5,9-11,13,21H,6-8H2,1-2H3,(H,30,31). The van der Waals surface area contributed by atoms with E-state index in [1.807, 2.05) is 30.3 Å². The minimum absolute atomic E-state index is 0.117. The van der Waals surface area contributed by atoms with Gasteiger partial charge in [0, 0.05) is 47.9 Å². The Morgan fingerprint density at radius 2 is 2.00 bits per heavy atom. The summed E-state index contributed by atoms with van der Waals surface area (Å²) in [5.41, 5.74) is 4.68. The van der Waals surface area contributed by atoms with Crippen LogP contribution in [-0.4, -0.2) is 36.5 Å². The Morgan fingerprint density at radius 3 is 2.67 bits per heavy atom. The average Bonchev–Trinajstić information content (AvgIpc) is 3.17. The van der Waals surface area contributed by atoms with Crippen LogP contribution in [0.5, 0.6) is 5.75 Å². The number of carboxylic acid groups (broad SMARTS) is 1. The molecule has 0 fully saturated rings. The maximum absolute atomic E-state index is 13.0. The highest BCUT2D eigenvalue weighted by Crippen LogP contribution is 2.44. The van der Waals surface area contributed by atoms with Gasteiger partial charge in [-0.15, -0.1) is 0 Å². The zero-order valence-corrected chi connectivity index (χ0v) is 18.8. The van der Waals surface area contributed by atoms with E-state index in [1.165, 1.54) is 26.5 Å². The molecular weight excluding hydrogens is 444 g/mol. The van der Waals surface area contributed by atoms with Crippen LogP contribution < -0.4 is 10.3 Å². The van der Waals surface area contributed by atoms with Crippen LogP contribution in [0.2, 0.25) is 5.02 Å². The summed E-state index contributed by atoms with van der Waals surface area (Å²) in [6.45, 7) is 0.178. The van der Waals surface area contributed by atoms with Crippen molar-refractivity contribution in [3.8, 4) is 34.1 Å². The van der Waals surface area contributed by atoms with Gasteiger partial charge in [-0.2, -0.15) is 5.26 Å². The van der Waals surface area contributed by atoms with Crippen LogP contribution in [0.4, 0.5) is 0 Å². The smallest absolute Gasteiger partial charge is 0.326 e. The molecule has 7 nitrogen and oxygen atoms in total. The van der Waals surface area contributed by atoms with Gasteiger partial charge in [0.15, 0.2) is 0 Å². The van der Waals surface area contributed by atoms with E-state index in [0.29, 0.717) is 28.1 Å². The fourth-order valence-corrected chi connectivity index (χ4v) is 4.61. The number of aliphatic carboxylic acids is 1. The average molecular weight is 465 g/mol. The third-order valence-electron chi connectivity index (χ3n) is 5.88. The van der Waals surface area contributed by atoms with Crippen molar-refractivity contribution in [2.45, 2.75) is 18.9 Å². The van der Waals surface area contributed by atoms with Gasteiger partial charge in [-0.05, 0) is 41.3 Å². The molecule has 1 atom stereocenters. The van der Waals surface area contributed by atoms with Crippen molar-refractivity contribution >= 4 is 17.6 Å². The molecule has 1 aromatic heterocycles. The molecule has 8 heteroatoms. The number of nitrogens with zero attached hydrogens (tertiary/aromatic N) is 2. The first-order valence-electron chi connectivity index (χ1n) is 10.3. The second kappa shape index (κ2) is 9.10. The Balaban J connectivity index is 1.90. The second-order valence-electron chi connectivity index (χ2n) is 7.75. The molecule has 0 saturated heterocycles. The number of pyridine rings is 1. The Morgan fingerprint density at radius 1 is 1.21 bits per heavy atom. The topological polar surface area (TPSA) is 102 Å². The van der Waals surface area contributed by atoms with Crippen LogP contribution in [0.25, 0.3) is 22.3 Å². The minimum atomic E-state index is -1.15. The minimum Gasteiger partial charge on any atom is -0.495 e. The summed E-state index contributed by atoms with van der Waals surface area (Å²) in [5.74, 6) is -0.863. The molecule has 1 unspecified atom stereocenters. The summed E-state index contributed by atoms with van der Waals surface area (Å²) in [7, 11) is 2.90. The Hall–Kier alpha value is -3.60. The first-order chi connectivity index (χ1) is 15.9. The molecule has 0 spiro atoms. The molecule has 1 heterocycles. The van der Waals surface area contributed by atoms with Gasteiger partial charge in [-0.25, -0.2) is 4.79 Å². The van der Waals surface area contributed by atoms with Crippen molar-refractivity contribution in [2.75, 3.05) is 20.8 Å². The summed E-state index contributed by atoms with van der Waals surface area (Å²) in [5, 5.41) is 20.1.